The number of carbonyl (C=O) groups excluding carboxylic acids is 1. The van der Waals surface area contributed by atoms with E-state index in [0.717, 1.165) is 44.9 Å². The van der Waals surface area contributed by atoms with Crippen molar-refractivity contribution in [3.8, 4) is 0 Å². The van der Waals surface area contributed by atoms with Crippen molar-refractivity contribution in [1.82, 2.24) is 9.80 Å². The molecule has 182 valence electrons. The van der Waals surface area contributed by atoms with Gasteiger partial charge in [0.25, 0.3) is 0 Å². The van der Waals surface area contributed by atoms with Crippen LogP contribution in [0.25, 0.3) is 0 Å². The summed E-state index contributed by atoms with van der Waals surface area (Å²) in [6.07, 6.45) is 10.3. The largest absolute Gasteiger partial charge is 0.402 e. The lowest BCUT2D eigenvalue weighted by atomic mass is 9.93. The summed E-state index contributed by atoms with van der Waals surface area (Å²) in [6.45, 7) is 11.5. The van der Waals surface area contributed by atoms with Gasteiger partial charge in [0.05, 0.1) is 5.92 Å². The van der Waals surface area contributed by atoms with Gasteiger partial charge in [0.2, 0.25) is 5.91 Å². The fourth-order valence-electron chi connectivity index (χ4n) is 4.85. The first-order valence-electron chi connectivity index (χ1n) is 12.2. The Hall–Kier alpha value is -1.86. The van der Waals surface area contributed by atoms with Gasteiger partial charge in [-0.2, -0.15) is 0 Å². The predicted molar refractivity (Wildman–Crippen MR) is 130 cm³/mol. The second-order valence-electron chi connectivity index (χ2n) is 9.01. The molecule has 0 aromatic rings. The van der Waals surface area contributed by atoms with Crippen LogP contribution in [0.4, 0.5) is 0 Å². The van der Waals surface area contributed by atoms with Gasteiger partial charge in [0, 0.05) is 63.8 Å². The van der Waals surface area contributed by atoms with Crippen LogP contribution in [0, 0.1) is 11.8 Å². The molecule has 2 rings (SSSR count). The van der Waals surface area contributed by atoms with Crippen LogP contribution in [-0.2, 0) is 14.3 Å². The summed E-state index contributed by atoms with van der Waals surface area (Å²) < 4.78 is 11.5. The first-order chi connectivity index (χ1) is 15.3. The van der Waals surface area contributed by atoms with E-state index in [4.69, 9.17) is 20.2 Å². The number of aliphatic imine (C=N–C) groups is 1. The molecule has 4 unspecified atom stereocenters. The van der Waals surface area contributed by atoms with Crippen LogP contribution in [0.15, 0.2) is 29.0 Å². The lowest BCUT2D eigenvalue weighted by Gasteiger charge is -2.32. The lowest BCUT2D eigenvalue weighted by molar-refractivity contribution is -0.139. The molecule has 1 aliphatic carbocycles. The number of nitrogens with zero attached hydrogens (tertiary/aromatic N) is 3. The summed E-state index contributed by atoms with van der Waals surface area (Å²) in [6, 6.07) is 0.279. The van der Waals surface area contributed by atoms with E-state index in [1.165, 1.54) is 5.57 Å². The van der Waals surface area contributed by atoms with Crippen LogP contribution in [0.5, 0.6) is 0 Å². The number of ether oxygens (including phenoxy) is 2. The molecular weight excluding hydrogens is 404 g/mol. The second-order valence-corrected chi connectivity index (χ2v) is 9.01. The Morgan fingerprint density at radius 3 is 2.56 bits per heavy atom. The van der Waals surface area contributed by atoms with E-state index in [-0.39, 0.29) is 36.2 Å². The Morgan fingerprint density at radius 2 is 2.00 bits per heavy atom. The van der Waals surface area contributed by atoms with Gasteiger partial charge in [-0.05, 0) is 51.5 Å². The quantitative estimate of drug-likeness (QED) is 0.341. The molecule has 1 fully saturated rings. The van der Waals surface area contributed by atoms with E-state index in [1.54, 1.807) is 4.90 Å². The van der Waals surface area contributed by atoms with Crippen molar-refractivity contribution in [2.75, 3.05) is 27.3 Å². The molecular formula is C25H44N4O3. The van der Waals surface area contributed by atoms with E-state index in [9.17, 15) is 4.79 Å². The second kappa shape index (κ2) is 13.0. The highest BCUT2D eigenvalue weighted by Gasteiger charge is 2.42. The van der Waals surface area contributed by atoms with Crippen molar-refractivity contribution in [3.05, 3.63) is 24.0 Å². The third kappa shape index (κ3) is 6.82. The average Bonchev–Trinajstić information content (AvgIpc) is 3.37. The molecule has 0 bridgehead atoms. The summed E-state index contributed by atoms with van der Waals surface area (Å²) in [7, 11) is 3.67. The van der Waals surface area contributed by atoms with Gasteiger partial charge in [0.1, 0.15) is 6.17 Å². The first kappa shape index (κ1) is 26.4. The third-order valence-corrected chi connectivity index (χ3v) is 6.38. The lowest BCUT2D eigenvalue weighted by Crippen LogP contribution is -2.39. The molecule has 0 spiro atoms. The van der Waals surface area contributed by atoms with Gasteiger partial charge in [-0.15, -0.1) is 0 Å². The molecule has 0 aromatic heterocycles. The summed E-state index contributed by atoms with van der Waals surface area (Å²) >= 11 is 0. The summed E-state index contributed by atoms with van der Waals surface area (Å²) in [5.41, 5.74) is 8.19. The van der Waals surface area contributed by atoms with Crippen LogP contribution in [-0.4, -0.2) is 67.7 Å². The topological polar surface area (TPSA) is 80.4 Å². The van der Waals surface area contributed by atoms with Crippen LogP contribution in [0.2, 0.25) is 0 Å². The Labute approximate surface area is 194 Å². The standard InChI is InChI=1S/C25H44N4O3/c1-7-10-15-27-24-23(18(4)26)20(12-14-22(31-8-2)32-9-3)17-29(24)21-13-11-19(16-21)25(30)28(5)6/h15,17,19,21-24H,4,7-14,16,26H2,1-3,5-6H3. The van der Waals surface area contributed by atoms with Crippen LogP contribution in [0.3, 0.4) is 0 Å². The molecule has 7 heteroatoms. The van der Waals surface area contributed by atoms with Gasteiger partial charge in [-0.3, -0.25) is 9.79 Å². The molecule has 4 atom stereocenters. The minimum atomic E-state index is -0.220. The molecule has 2 aliphatic rings. The molecule has 2 N–H and O–H groups in total. The highest BCUT2D eigenvalue weighted by atomic mass is 16.7. The van der Waals surface area contributed by atoms with Crippen molar-refractivity contribution >= 4 is 12.1 Å². The molecule has 1 heterocycles. The van der Waals surface area contributed by atoms with Gasteiger partial charge in [-0.25, -0.2) is 0 Å². The summed E-state index contributed by atoms with van der Waals surface area (Å²) in [4.78, 5) is 21.5. The van der Waals surface area contributed by atoms with E-state index >= 15 is 0 Å². The Bertz CT molecular complexity index is 670. The van der Waals surface area contributed by atoms with E-state index < -0.39 is 0 Å². The van der Waals surface area contributed by atoms with E-state index in [2.05, 4.69) is 24.6 Å². The van der Waals surface area contributed by atoms with Gasteiger partial charge < -0.3 is 25.0 Å². The predicted octanol–water partition coefficient (Wildman–Crippen LogP) is 3.91. The van der Waals surface area contributed by atoms with Crippen molar-refractivity contribution in [3.63, 3.8) is 0 Å². The first-order valence-corrected chi connectivity index (χ1v) is 12.2. The smallest absolute Gasteiger partial charge is 0.225 e. The number of unbranched alkanes of at least 4 members (excludes halogenated alkanes) is 1. The Kier molecular flexibility index (Phi) is 10.7. The third-order valence-electron chi connectivity index (χ3n) is 6.38. The van der Waals surface area contributed by atoms with Gasteiger partial charge in [0.15, 0.2) is 6.29 Å². The fraction of sp³-hybridized carbons (Fsp3) is 0.760. The molecule has 0 radical (unpaired) electrons. The molecule has 1 aliphatic heterocycles. The van der Waals surface area contributed by atoms with E-state index in [1.807, 2.05) is 34.2 Å². The maximum Gasteiger partial charge on any atom is 0.225 e. The summed E-state index contributed by atoms with van der Waals surface area (Å²) in [5, 5.41) is 0. The zero-order valence-electron chi connectivity index (χ0n) is 20.8. The van der Waals surface area contributed by atoms with Gasteiger partial charge in [-0.1, -0.05) is 19.9 Å². The number of rotatable bonds is 13. The zero-order valence-corrected chi connectivity index (χ0v) is 20.8. The number of amides is 1. The number of hydrogen-bond donors (Lipinski definition) is 1. The fourth-order valence-corrected chi connectivity index (χ4v) is 4.85. The molecule has 32 heavy (non-hydrogen) atoms. The normalized spacial score (nSPS) is 25.7. The number of nitrogens with two attached hydrogens (primary N) is 1. The van der Waals surface area contributed by atoms with E-state index in [0.29, 0.717) is 18.9 Å². The van der Waals surface area contributed by atoms with Crippen LogP contribution < -0.4 is 5.73 Å². The van der Waals surface area contributed by atoms with Crippen molar-refractivity contribution in [2.24, 2.45) is 22.6 Å². The number of carbonyl (C=O) groups is 1. The zero-order chi connectivity index (χ0) is 23.7. The molecule has 0 aromatic carbocycles. The van der Waals surface area contributed by atoms with Crippen molar-refractivity contribution in [1.29, 1.82) is 0 Å². The monoisotopic (exact) mass is 448 g/mol. The SMILES string of the molecule is C=C(N)C1C(CCC(OCC)OCC)=CN(C2CCC(C(=O)N(C)C)C2)C1N=CCCC. The highest BCUT2D eigenvalue weighted by molar-refractivity contribution is 5.78. The minimum Gasteiger partial charge on any atom is -0.402 e. The van der Waals surface area contributed by atoms with Crippen molar-refractivity contribution < 1.29 is 14.3 Å². The Balaban J connectivity index is 2.23. The van der Waals surface area contributed by atoms with Crippen LogP contribution >= 0.6 is 0 Å². The number of hydrogen-bond acceptors (Lipinski definition) is 6. The average molecular weight is 449 g/mol. The maximum atomic E-state index is 12.5. The molecule has 1 amide bonds. The molecule has 1 saturated carbocycles. The highest BCUT2D eigenvalue weighted by Crippen LogP contribution is 2.41. The van der Waals surface area contributed by atoms with Gasteiger partial charge >= 0.3 is 0 Å². The van der Waals surface area contributed by atoms with Crippen LogP contribution in [0.1, 0.15) is 65.7 Å². The summed E-state index contributed by atoms with van der Waals surface area (Å²) in [5.74, 6) is 0.265. The maximum absolute atomic E-state index is 12.5. The Morgan fingerprint density at radius 1 is 1.31 bits per heavy atom. The minimum absolute atomic E-state index is 0.0318. The molecule has 0 saturated heterocycles. The molecule has 7 nitrogen and oxygen atoms in total. The van der Waals surface area contributed by atoms with Crippen molar-refractivity contribution in [2.45, 2.75) is 84.2 Å².